The van der Waals surface area contributed by atoms with Gasteiger partial charge in [-0.15, -0.1) is 24.0 Å². The second-order valence-electron chi connectivity index (χ2n) is 2.66. The van der Waals surface area contributed by atoms with E-state index in [0.717, 1.165) is 14.7 Å². The summed E-state index contributed by atoms with van der Waals surface area (Å²) in [5, 5.41) is 4.24. The van der Waals surface area contributed by atoms with Crippen molar-refractivity contribution in [3.63, 3.8) is 0 Å². The molecule has 1 aromatic carbocycles. The van der Waals surface area contributed by atoms with Gasteiger partial charge in [-0.05, 0) is 44.4 Å². The fraction of sp³-hybridized carbons (Fsp3) is 0.111. The summed E-state index contributed by atoms with van der Waals surface area (Å²) in [6, 6.07) is 4.21. The first-order chi connectivity index (χ1) is 6.24. The molecular weight excluding hydrogens is 332 g/mol. The molecule has 2 rings (SSSR count). The molecule has 1 aromatic heterocycles. The van der Waals surface area contributed by atoms with Gasteiger partial charge in [-0.2, -0.15) is 0 Å². The Morgan fingerprint density at radius 2 is 2.23 bits per heavy atom. The topological polar surface area (TPSA) is 0 Å². The molecule has 0 aliphatic rings. The summed E-state index contributed by atoms with van der Waals surface area (Å²) in [7, 11) is 0. The summed E-state index contributed by atoms with van der Waals surface area (Å²) in [4.78, 5) is 1.00. The first-order valence-electron chi connectivity index (χ1n) is 3.67. The number of halogens is 2. The van der Waals surface area contributed by atoms with E-state index in [1.54, 1.807) is 11.3 Å². The summed E-state index contributed by atoms with van der Waals surface area (Å²) in [5.41, 5.74) is 1.29. The van der Waals surface area contributed by atoms with Crippen molar-refractivity contribution in [2.45, 2.75) is 10.2 Å². The van der Waals surface area contributed by atoms with Gasteiger partial charge in [0.2, 0.25) is 0 Å². The van der Waals surface area contributed by atoms with E-state index in [-0.39, 0.29) is 0 Å². The van der Waals surface area contributed by atoms with Gasteiger partial charge in [-0.3, -0.25) is 0 Å². The SMILES string of the molecule is Sc1cc2ccsc2c(CBr)c1Br. The molecule has 0 aliphatic heterocycles. The standard InChI is InChI=1S/C9H6Br2S2/c10-4-6-8(11)7(12)3-5-1-2-13-9(5)6/h1-3,12H,4H2. The van der Waals surface area contributed by atoms with Gasteiger partial charge < -0.3 is 0 Å². The summed E-state index contributed by atoms with van der Waals surface area (Å²) in [6.07, 6.45) is 0. The Kier molecular flexibility index (Phi) is 3.03. The Balaban J connectivity index is 2.87. The third-order valence-electron chi connectivity index (χ3n) is 1.89. The molecule has 13 heavy (non-hydrogen) atoms. The van der Waals surface area contributed by atoms with Crippen LogP contribution < -0.4 is 0 Å². The average Bonchev–Trinajstić information content (AvgIpc) is 2.54. The lowest BCUT2D eigenvalue weighted by molar-refractivity contribution is 1.36. The molecule has 0 saturated carbocycles. The van der Waals surface area contributed by atoms with Gasteiger partial charge in [0.25, 0.3) is 0 Å². The van der Waals surface area contributed by atoms with E-state index < -0.39 is 0 Å². The van der Waals surface area contributed by atoms with Crippen molar-refractivity contribution in [2.75, 3.05) is 0 Å². The maximum Gasteiger partial charge on any atom is 0.0395 e. The zero-order valence-electron chi connectivity index (χ0n) is 6.55. The van der Waals surface area contributed by atoms with Crippen molar-refractivity contribution < 1.29 is 0 Å². The largest absolute Gasteiger partial charge is 0.143 e. The molecule has 0 nitrogen and oxygen atoms in total. The minimum atomic E-state index is 0.860. The van der Waals surface area contributed by atoms with Crippen LogP contribution in [0.2, 0.25) is 0 Å². The zero-order chi connectivity index (χ0) is 9.42. The van der Waals surface area contributed by atoms with Crippen LogP contribution in [-0.4, -0.2) is 0 Å². The molecule has 1 heterocycles. The average molecular weight is 338 g/mol. The van der Waals surface area contributed by atoms with Gasteiger partial charge in [0.05, 0.1) is 0 Å². The van der Waals surface area contributed by atoms with Crippen LogP contribution in [-0.2, 0) is 5.33 Å². The zero-order valence-corrected chi connectivity index (χ0v) is 11.4. The molecule has 0 amide bonds. The van der Waals surface area contributed by atoms with Gasteiger partial charge in [-0.1, -0.05) is 15.9 Å². The molecule has 4 heteroatoms. The minimum Gasteiger partial charge on any atom is -0.143 e. The number of fused-ring (bicyclic) bond motifs is 1. The molecule has 2 aromatic rings. The van der Waals surface area contributed by atoms with Crippen LogP contribution in [0.4, 0.5) is 0 Å². The second-order valence-corrected chi connectivity index (χ2v) is 5.41. The van der Waals surface area contributed by atoms with E-state index in [0.29, 0.717) is 0 Å². The molecule has 0 fully saturated rings. The number of thiol groups is 1. The summed E-state index contributed by atoms with van der Waals surface area (Å²) >= 11 is 13.2. The molecule has 0 unspecified atom stereocenters. The highest BCUT2D eigenvalue weighted by Crippen LogP contribution is 2.36. The first-order valence-corrected chi connectivity index (χ1v) is 6.91. The molecule has 0 bridgehead atoms. The van der Waals surface area contributed by atoms with E-state index in [9.17, 15) is 0 Å². The van der Waals surface area contributed by atoms with Crippen LogP contribution >= 0.6 is 55.8 Å². The van der Waals surface area contributed by atoms with E-state index in [1.165, 1.54) is 15.6 Å². The Morgan fingerprint density at radius 3 is 2.92 bits per heavy atom. The van der Waals surface area contributed by atoms with Gasteiger partial charge >= 0.3 is 0 Å². The van der Waals surface area contributed by atoms with Crippen molar-refractivity contribution in [2.24, 2.45) is 0 Å². The summed E-state index contributed by atoms with van der Waals surface area (Å²) in [6.45, 7) is 0. The minimum absolute atomic E-state index is 0.860. The van der Waals surface area contributed by atoms with Crippen molar-refractivity contribution in [3.8, 4) is 0 Å². The highest BCUT2D eigenvalue weighted by molar-refractivity contribution is 9.10. The Hall–Kier alpha value is 0.490. The number of hydrogen-bond acceptors (Lipinski definition) is 2. The Labute approximate surface area is 103 Å². The van der Waals surface area contributed by atoms with E-state index in [4.69, 9.17) is 0 Å². The van der Waals surface area contributed by atoms with Crippen molar-refractivity contribution in [3.05, 3.63) is 27.5 Å². The van der Waals surface area contributed by atoms with E-state index in [1.807, 2.05) is 0 Å². The van der Waals surface area contributed by atoms with Crippen LogP contribution in [0.3, 0.4) is 0 Å². The molecule has 68 valence electrons. The lowest BCUT2D eigenvalue weighted by Crippen LogP contribution is -1.82. The van der Waals surface area contributed by atoms with E-state index in [2.05, 4.69) is 62.0 Å². The number of hydrogen-bond donors (Lipinski definition) is 1. The predicted molar refractivity (Wildman–Crippen MR) is 69.4 cm³/mol. The fourth-order valence-electron chi connectivity index (χ4n) is 1.26. The molecule has 0 spiro atoms. The van der Waals surface area contributed by atoms with Crippen LogP contribution in [0.1, 0.15) is 5.56 Å². The van der Waals surface area contributed by atoms with E-state index >= 15 is 0 Å². The third kappa shape index (κ3) is 1.69. The number of benzene rings is 1. The molecule has 0 aliphatic carbocycles. The summed E-state index contributed by atoms with van der Waals surface area (Å²) < 4.78 is 2.43. The molecule has 0 radical (unpaired) electrons. The third-order valence-corrected chi connectivity index (χ3v) is 5.00. The van der Waals surface area contributed by atoms with Gasteiger partial charge in [0, 0.05) is 19.4 Å². The lowest BCUT2D eigenvalue weighted by Gasteiger charge is -2.05. The van der Waals surface area contributed by atoms with Crippen LogP contribution in [0, 0.1) is 0 Å². The number of thiophene rings is 1. The number of rotatable bonds is 1. The molecule has 0 N–H and O–H groups in total. The molecule has 0 saturated heterocycles. The lowest BCUT2D eigenvalue weighted by atomic mass is 10.2. The quantitative estimate of drug-likeness (QED) is 0.558. The van der Waals surface area contributed by atoms with Crippen molar-refractivity contribution in [1.29, 1.82) is 0 Å². The fourth-order valence-corrected chi connectivity index (χ4v) is 4.17. The van der Waals surface area contributed by atoms with Gasteiger partial charge in [0.1, 0.15) is 0 Å². The molecule has 0 atom stereocenters. The second kappa shape index (κ2) is 3.93. The van der Waals surface area contributed by atoms with Gasteiger partial charge in [-0.25, -0.2) is 0 Å². The highest BCUT2D eigenvalue weighted by atomic mass is 79.9. The normalized spacial score (nSPS) is 11.0. The maximum atomic E-state index is 4.41. The number of alkyl halides is 1. The van der Waals surface area contributed by atoms with Crippen molar-refractivity contribution >= 4 is 65.9 Å². The van der Waals surface area contributed by atoms with Crippen LogP contribution in [0.25, 0.3) is 10.1 Å². The highest BCUT2D eigenvalue weighted by Gasteiger charge is 2.08. The monoisotopic (exact) mass is 336 g/mol. The Morgan fingerprint density at radius 1 is 1.46 bits per heavy atom. The smallest absolute Gasteiger partial charge is 0.0395 e. The Bertz CT molecular complexity index is 448. The van der Waals surface area contributed by atoms with Crippen LogP contribution in [0.5, 0.6) is 0 Å². The predicted octanol–water partition coefficient (Wildman–Crippen LogP) is 4.85. The van der Waals surface area contributed by atoms with Crippen molar-refractivity contribution in [1.82, 2.24) is 0 Å². The first kappa shape index (κ1) is 10.0. The molecular formula is C9H6Br2S2. The van der Waals surface area contributed by atoms with Crippen LogP contribution in [0.15, 0.2) is 26.9 Å². The maximum absolute atomic E-state index is 4.41. The summed E-state index contributed by atoms with van der Waals surface area (Å²) in [5.74, 6) is 0. The van der Waals surface area contributed by atoms with Gasteiger partial charge in [0.15, 0.2) is 0 Å².